The van der Waals surface area contributed by atoms with Crippen LogP contribution in [0.25, 0.3) is 0 Å². The van der Waals surface area contributed by atoms with E-state index in [1.54, 1.807) is 19.0 Å². The summed E-state index contributed by atoms with van der Waals surface area (Å²) in [6.45, 7) is 2.42. The molecule has 0 aromatic rings. The Labute approximate surface area is 86.2 Å². The lowest BCUT2D eigenvalue weighted by Crippen LogP contribution is -2.43. The molecule has 0 saturated carbocycles. The minimum absolute atomic E-state index is 0.176. The maximum absolute atomic E-state index is 11.5. The van der Waals surface area contributed by atoms with Gasteiger partial charge in [0.25, 0.3) is 0 Å². The second-order valence-electron chi connectivity index (χ2n) is 4.11. The van der Waals surface area contributed by atoms with Crippen LogP contribution < -0.4 is 5.32 Å². The van der Waals surface area contributed by atoms with E-state index in [0.29, 0.717) is 12.6 Å². The van der Waals surface area contributed by atoms with Crippen molar-refractivity contribution >= 4 is 5.91 Å². The number of carbonyl (C=O) groups excluding carboxylic acids is 1. The van der Waals surface area contributed by atoms with Gasteiger partial charge in [0, 0.05) is 33.2 Å². The lowest BCUT2D eigenvalue weighted by Gasteiger charge is -2.31. The molecule has 0 atom stereocenters. The molecule has 1 saturated heterocycles. The summed E-state index contributed by atoms with van der Waals surface area (Å²) in [5.41, 5.74) is 0. The molecule has 1 amide bonds. The van der Waals surface area contributed by atoms with E-state index in [1.807, 2.05) is 7.05 Å². The van der Waals surface area contributed by atoms with Crippen molar-refractivity contribution in [3.05, 3.63) is 0 Å². The van der Waals surface area contributed by atoms with Crippen molar-refractivity contribution < 1.29 is 4.79 Å². The van der Waals surface area contributed by atoms with Crippen molar-refractivity contribution in [1.82, 2.24) is 15.1 Å². The van der Waals surface area contributed by atoms with Crippen LogP contribution in [0.2, 0.25) is 0 Å². The first-order valence-electron chi connectivity index (χ1n) is 5.15. The standard InChI is InChI=1S/C10H20N3O/c1-12(2)10(14)8-13(3)9-4-6-11-7-5-9/h9H,4-8H2,1-3H3. The molecule has 14 heavy (non-hydrogen) atoms. The zero-order valence-corrected chi connectivity index (χ0v) is 9.36. The highest BCUT2D eigenvalue weighted by Crippen LogP contribution is 2.10. The Morgan fingerprint density at radius 3 is 2.36 bits per heavy atom. The molecule has 81 valence electrons. The molecule has 0 aromatic heterocycles. The maximum Gasteiger partial charge on any atom is 0.236 e. The minimum atomic E-state index is 0.176. The molecule has 1 fully saturated rings. The third kappa shape index (κ3) is 3.27. The Balaban J connectivity index is 2.32. The Kier molecular flexibility index (Phi) is 4.35. The molecule has 1 heterocycles. The normalized spacial score (nSPS) is 18.6. The predicted octanol–water partition coefficient (Wildman–Crippen LogP) is -0.227. The summed E-state index contributed by atoms with van der Waals surface area (Å²) in [7, 11) is 5.62. The lowest BCUT2D eigenvalue weighted by molar-refractivity contribution is -0.130. The van der Waals surface area contributed by atoms with Gasteiger partial charge in [-0.05, 0) is 19.9 Å². The summed E-state index contributed by atoms with van der Waals surface area (Å²) in [4.78, 5) is 15.2. The average Bonchev–Trinajstić information content (AvgIpc) is 2.19. The number of piperidine rings is 1. The van der Waals surface area contributed by atoms with Crippen LogP contribution >= 0.6 is 0 Å². The van der Waals surface area contributed by atoms with Gasteiger partial charge >= 0.3 is 0 Å². The number of nitrogens with zero attached hydrogens (tertiary/aromatic N) is 3. The Morgan fingerprint density at radius 1 is 1.29 bits per heavy atom. The molecule has 0 spiro atoms. The Bertz CT molecular complexity index is 188. The van der Waals surface area contributed by atoms with E-state index in [1.165, 1.54) is 0 Å². The zero-order valence-electron chi connectivity index (χ0n) is 9.36. The monoisotopic (exact) mass is 198 g/mol. The zero-order chi connectivity index (χ0) is 10.6. The number of rotatable bonds is 3. The Hall–Kier alpha value is -0.610. The van der Waals surface area contributed by atoms with Gasteiger partial charge in [-0.25, -0.2) is 5.32 Å². The largest absolute Gasteiger partial charge is 0.348 e. The maximum atomic E-state index is 11.5. The molecule has 4 heteroatoms. The summed E-state index contributed by atoms with van der Waals surface area (Å²) in [5.74, 6) is 0.176. The van der Waals surface area contributed by atoms with Gasteiger partial charge in [0.2, 0.25) is 5.91 Å². The van der Waals surface area contributed by atoms with Gasteiger partial charge in [0.1, 0.15) is 0 Å². The third-order valence-electron chi connectivity index (χ3n) is 2.75. The van der Waals surface area contributed by atoms with E-state index in [9.17, 15) is 4.79 Å². The number of hydrogen-bond acceptors (Lipinski definition) is 2. The number of hydrogen-bond donors (Lipinski definition) is 0. The van der Waals surface area contributed by atoms with Crippen LogP contribution in [0.5, 0.6) is 0 Å². The second-order valence-corrected chi connectivity index (χ2v) is 4.11. The van der Waals surface area contributed by atoms with Gasteiger partial charge in [0.15, 0.2) is 0 Å². The van der Waals surface area contributed by atoms with Crippen molar-refractivity contribution in [2.45, 2.75) is 18.9 Å². The molecule has 1 rings (SSSR count). The molecule has 0 bridgehead atoms. The van der Waals surface area contributed by atoms with Crippen LogP contribution in [0.1, 0.15) is 12.8 Å². The topological polar surface area (TPSA) is 37.7 Å². The summed E-state index contributed by atoms with van der Waals surface area (Å²) in [5, 5.41) is 4.30. The minimum Gasteiger partial charge on any atom is -0.348 e. The first-order chi connectivity index (χ1) is 6.61. The average molecular weight is 198 g/mol. The number of carbonyl (C=O) groups is 1. The van der Waals surface area contributed by atoms with Gasteiger partial charge in [-0.1, -0.05) is 0 Å². The summed E-state index contributed by atoms with van der Waals surface area (Å²) in [6.07, 6.45) is 2.19. The fraction of sp³-hybridized carbons (Fsp3) is 0.900. The van der Waals surface area contributed by atoms with Gasteiger partial charge in [-0.2, -0.15) is 0 Å². The van der Waals surface area contributed by atoms with Crippen LogP contribution in [0.4, 0.5) is 0 Å². The fourth-order valence-corrected chi connectivity index (χ4v) is 1.66. The van der Waals surface area contributed by atoms with Crippen LogP contribution in [-0.2, 0) is 4.79 Å². The molecule has 1 radical (unpaired) electrons. The van der Waals surface area contributed by atoms with Gasteiger partial charge in [-0.3, -0.25) is 9.69 Å². The summed E-state index contributed by atoms with van der Waals surface area (Å²) < 4.78 is 0. The molecule has 0 aliphatic carbocycles. The molecule has 0 N–H and O–H groups in total. The highest BCUT2D eigenvalue weighted by atomic mass is 16.2. The van der Waals surface area contributed by atoms with Gasteiger partial charge < -0.3 is 4.90 Å². The van der Waals surface area contributed by atoms with Crippen molar-refractivity contribution in [3.8, 4) is 0 Å². The summed E-state index contributed by atoms with van der Waals surface area (Å²) in [6, 6.07) is 0.538. The molecule has 0 aromatic carbocycles. The quantitative estimate of drug-likeness (QED) is 0.628. The SMILES string of the molecule is CN(C)C(=O)CN(C)C1CC[N]CC1. The summed E-state index contributed by atoms with van der Waals surface area (Å²) >= 11 is 0. The molecule has 1 aliphatic heterocycles. The third-order valence-corrected chi connectivity index (χ3v) is 2.75. The van der Waals surface area contributed by atoms with E-state index < -0.39 is 0 Å². The predicted molar refractivity (Wildman–Crippen MR) is 56.2 cm³/mol. The number of likely N-dealkylation sites (N-methyl/N-ethyl adjacent to an activating group) is 2. The van der Waals surface area contributed by atoms with Crippen molar-refractivity contribution in [1.29, 1.82) is 0 Å². The van der Waals surface area contributed by atoms with E-state index in [2.05, 4.69) is 10.2 Å². The second kappa shape index (κ2) is 5.32. The lowest BCUT2D eigenvalue weighted by atomic mass is 10.1. The van der Waals surface area contributed by atoms with Crippen LogP contribution in [-0.4, -0.2) is 62.5 Å². The molecule has 4 nitrogen and oxygen atoms in total. The van der Waals surface area contributed by atoms with E-state index in [-0.39, 0.29) is 5.91 Å². The molecule has 0 unspecified atom stereocenters. The van der Waals surface area contributed by atoms with Crippen molar-refractivity contribution in [2.24, 2.45) is 0 Å². The van der Waals surface area contributed by atoms with E-state index >= 15 is 0 Å². The van der Waals surface area contributed by atoms with E-state index in [4.69, 9.17) is 0 Å². The van der Waals surface area contributed by atoms with E-state index in [0.717, 1.165) is 25.9 Å². The van der Waals surface area contributed by atoms with Crippen molar-refractivity contribution in [3.63, 3.8) is 0 Å². The molecular formula is C10H20N3O. The number of amides is 1. The molecule has 1 aliphatic rings. The van der Waals surface area contributed by atoms with Gasteiger partial charge in [0.05, 0.1) is 6.54 Å². The fourth-order valence-electron chi connectivity index (χ4n) is 1.66. The van der Waals surface area contributed by atoms with Gasteiger partial charge in [-0.15, -0.1) is 0 Å². The first kappa shape index (κ1) is 11.5. The first-order valence-corrected chi connectivity index (χ1v) is 5.15. The van der Waals surface area contributed by atoms with Crippen LogP contribution in [0, 0.1) is 0 Å². The molecular weight excluding hydrogens is 178 g/mol. The van der Waals surface area contributed by atoms with Crippen LogP contribution in [0.3, 0.4) is 0 Å². The smallest absolute Gasteiger partial charge is 0.236 e. The Morgan fingerprint density at radius 2 is 1.86 bits per heavy atom. The van der Waals surface area contributed by atoms with Crippen molar-refractivity contribution in [2.75, 3.05) is 40.8 Å². The van der Waals surface area contributed by atoms with Crippen LogP contribution in [0.15, 0.2) is 0 Å². The highest BCUT2D eigenvalue weighted by molar-refractivity contribution is 5.77. The highest BCUT2D eigenvalue weighted by Gasteiger charge is 2.20.